The smallest absolute Gasteiger partial charge is 0.303 e. The number of aromatic amines is 2. The van der Waals surface area contributed by atoms with Crippen LogP contribution in [0.3, 0.4) is 0 Å². The molecule has 3 aromatic heterocycles. The van der Waals surface area contributed by atoms with Crippen LogP contribution >= 0.6 is 12.6 Å². The Morgan fingerprint density at radius 1 is 0.744 bits per heavy atom. The van der Waals surface area contributed by atoms with Crippen LogP contribution < -0.4 is 0 Å². The van der Waals surface area contributed by atoms with E-state index in [1.165, 1.54) is 5.56 Å². The number of carboxylic acid groups (broad SMARTS) is 2. The number of allylic oxidation sites excluding steroid dienone is 4. The van der Waals surface area contributed by atoms with Crippen LogP contribution in [-0.4, -0.2) is 42.1 Å². The Balaban J connectivity index is 1.94. The molecule has 5 rings (SSSR count). The van der Waals surface area contributed by atoms with Gasteiger partial charge in [-0.3, -0.25) is 9.59 Å². The van der Waals surface area contributed by atoms with E-state index in [0.717, 1.165) is 73.2 Å². The Hall–Kier alpha value is -4.37. The van der Waals surface area contributed by atoms with E-state index < -0.39 is 11.9 Å². The van der Waals surface area contributed by atoms with E-state index in [1.54, 1.807) is 0 Å². The van der Waals surface area contributed by atoms with Crippen molar-refractivity contribution in [3.05, 3.63) is 75.9 Å². The molecule has 0 aromatic carbocycles. The number of rotatable bonds is 8. The van der Waals surface area contributed by atoms with Gasteiger partial charge in [-0.05, 0) is 110 Å². The van der Waals surface area contributed by atoms with Crippen LogP contribution in [0.4, 0.5) is 0 Å². The van der Waals surface area contributed by atoms with Gasteiger partial charge >= 0.3 is 11.9 Å². The van der Waals surface area contributed by atoms with Gasteiger partial charge in [-0.1, -0.05) is 13.5 Å². The summed E-state index contributed by atoms with van der Waals surface area (Å²) in [5.74, 6) is -1.77. The summed E-state index contributed by atoms with van der Waals surface area (Å²) >= 11 is 4.62. The number of hydrogen-bond acceptors (Lipinski definition) is 5. The minimum Gasteiger partial charge on any atom is -0.481 e. The second-order valence-corrected chi connectivity index (χ2v) is 11.7. The van der Waals surface area contributed by atoms with E-state index >= 15 is 0 Å². The molecular formula is C34H36N4O4S. The quantitative estimate of drug-likeness (QED) is 0.168. The average Bonchev–Trinajstić information content (AvgIpc) is 3.59. The van der Waals surface area contributed by atoms with Gasteiger partial charge in [-0.2, -0.15) is 0 Å². The number of fused-ring (bicyclic) bond motifs is 8. The van der Waals surface area contributed by atoms with Gasteiger partial charge in [-0.15, -0.1) is 12.6 Å². The topological polar surface area (TPSA) is 132 Å². The number of aliphatic carboxylic acids is 2. The van der Waals surface area contributed by atoms with Crippen LogP contribution in [0.15, 0.2) is 30.8 Å². The lowest BCUT2D eigenvalue weighted by atomic mass is 9.98. The molecule has 0 unspecified atom stereocenters. The zero-order valence-electron chi connectivity index (χ0n) is 25.1. The number of carboxylic acids is 2. The molecule has 0 atom stereocenters. The number of hydrogen-bond donors (Lipinski definition) is 5. The maximum absolute atomic E-state index is 11.6. The lowest BCUT2D eigenvalue weighted by Crippen LogP contribution is -1.97. The molecule has 8 bridgehead atoms. The lowest BCUT2D eigenvalue weighted by molar-refractivity contribution is -0.137. The highest BCUT2D eigenvalue weighted by molar-refractivity contribution is 7.90. The van der Waals surface area contributed by atoms with Crippen molar-refractivity contribution in [2.24, 2.45) is 0 Å². The van der Waals surface area contributed by atoms with Crippen molar-refractivity contribution in [2.75, 3.05) is 0 Å². The van der Waals surface area contributed by atoms with E-state index in [9.17, 15) is 19.8 Å². The molecule has 8 nitrogen and oxygen atoms in total. The first-order valence-electron chi connectivity index (χ1n) is 14.4. The van der Waals surface area contributed by atoms with Crippen LogP contribution in [0.25, 0.3) is 49.3 Å². The average molecular weight is 597 g/mol. The molecule has 9 heteroatoms. The first-order valence-corrected chi connectivity index (χ1v) is 14.8. The molecule has 43 heavy (non-hydrogen) atoms. The summed E-state index contributed by atoms with van der Waals surface area (Å²) in [7, 11) is 0. The van der Waals surface area contributed by atoms with Gasteiger partial charge in [0.05, 0.1) is 22.8 Å². The third-order valence-electron chi connectivity index (χ3n) is 8.49. The van der Waals surface area contributed by atoms with Gasteiger partial charge in [0.2, 0.25) is 0 Å². The molecule has 2 aliphatic rings. The number of nitrogens with one attached hydrogen (secondary N) is 2. The van der Waals surface area contributed by atoms with E-state index in [0.29, 0.717) is 34.8 Å². The third kappa shape index (κ3) is 5.69. The molecule has 4 N–H and O–H groups in total. The zero-order chi connectivity index (χ0) is 31.2. The summed E-state index contributed by atoms with van der Waals surface area (Å²) in [5.41, 5.74) is 14.1. The van der Waals surface area contributed by atoms with E-state index in [-0.39, 0.29) is 12.8 Å². The number of aryl methyl sites for hydroxylation is 3. The van der Waals surface area contributed by atoms with Crippen molar-refractivity contribution >= 4 is 73.8 Å². The predicted octanol–water partition coefficient (Wildman–Crippen LogP) is 7.99. The maximum Gasteiger partial charge on any atom is 0.303 e. The molecule has 0 spiro atoms. The molecule has 0 aliphatic carbocycles. The lowest BCUT2D eigenvalue weighted by Gasteiger charge is -2.05. The Morgan fingerprint density at radius 3 is 1.72 bits per heavy atom. The van der Waals surface area contributed by atoms with Crippen LogP contribution in [0.5, 0.6) is 0 Å². The molecule has 0 saturated carbocycles. The number of thiol groups is 1. The van der Waals surface area contributed by atoms with Crippen molar-refractivity contribution in [2.45, 2.75) is 66.7 Å². The first kappa shape index (κ1) is 30.1. The van der Waals surface area contributed by atoms with Gasteiger partial charge in [0.1, 0.15) is 0 Å². The molecule has 0 saturated heterocycles. The summed E-state index contributed by atoms with van der Waals surface area (Å²) < 4.78 is 0. The van der Waals surface area contributed by atoms with Gasteiger partial charge in [-0.25, -0.2) is 9.97 Å². The Bertz CT molecular complexity index is 1940. The second-order valence-electron chi connectivity index (χ2n) is 11.1. The van der Waals surface area contributed by atoms with E-state index in [1.807, 2.05) is 39.0 Å². The van der Waals surface area contributed by atoms with E-state index in [2.05, 4.69) is 49.1 Å². The molecule has 0 amide bonds. The summed E-state index contributed by atoms with van der Waals surface area (Å²) in [4.78, 5) is 40.8. The molecule has 5 heterocycles. The summed E-state index contributed by atoms with van der Waals surface area (Å²) in [6.07, 6.45) is 1.38. The molecule has 0 fully saturated rings. The molecular weight excluding hydrogens is 560 g/mol. The monoisotopic (exact) mass is 596 g/mol. The zero-order valence-corrected chi connectivity index (χ0v) is 26.0. The SMILES string of the molecule is C=C(S)c1c(C)c2cc3[nH]c(cc4nc(cc5nc(cc1[nH]2)C(C)=C5CCC(=O)O)C(CCC(=O)O)=C4C)c(C)c3CC. The predicted molar refractivity (Wildman–Crippen MR) is 177 cm³/mol. The van der Waals surface area contributed by atoms with Crippen molar-refractivity contribution in [1.29, 1.82) is 0 Å². The molecule has 3 aromatic rings. The Morgan fingerprint density at radius 2 is 1.23 bits per heavy atom. The molecule has 2 aliphatic heterocycles. The van der Waals surface area contributed by atoms with Crippen molar-refractivity contribution in [3.8, 4) is 0 Å². The van der Waals surface area contributed by atoms with Gasteiger partial charge in [0, 0.05) is 45.4 Å². The number of aromatic nitrogens is 4. The standard InChI is InChI=1S/C34H36N4O4S/c1-7-21-16(2)24-12-25-17(3)22(8-10-32(39)40)29(36-25)15-30-23(9-11-33(41)42)18(4)26(37-30)14-31-34(20(6)43)19(5)27(38-31)13-28(21)35-24/h12-15,35,38,43H,6-11H2,1-5H3,(H,39,40)(H,41,42). The summed E-state index contributed by atoms with van der Waals surface area (Å²) in [5, 5.41) is 18.9. The highest BCUT2D eigenvalue weighted by Gasteiger charge is 2.23. The Labute approximate surface area is 255 Å². The first-order chi connectivity index (χ1) is 20.4. The molecule has 0 radical (unpaired) electrons. The fraction of sp³-hybridized carbons (Fsp3) is 0.294. The molecule has 222 valence electrons. The van der Waals surface area contributed by atoms with Crippen LogP contribution in [0.1, 0.15) is 91.5 Å². The van der Waals surface area contributed by atoms with Crippen LogP contribution in [0, 0.1) is 13.8 Å². The largest absolute Gasteiger partial charge is 0.481 e. The number of nitrogens with zero attached hydrogens (tertiary/aromatic N) is 2. The minimum atomic E-state index is -0.891. The van der Waals surface area contributed by atoms with Crippen molar-refractivity contribution in [1.82, 2.24) is 19.9 Å². The third-order valence-corrected chi connectivity index (χ3v) is 8.71. The van der Waals surface area contributed by atoms with Crippen LogP contribution in [0.2, 0.25) is 0 Å². The van der Waals surface area contributed by atoms with Gasteiger partial charge in [0.15, 0.2) is 0 Å². The van der Waals surface area contributed by atoms with Crippen LogP contribution in [-0.2, 0) is 16.0 Å². The highest BCUT2D eigenvalue weighted by Crippen LogP contribution is 2.38. The van der Waals surface area contributed by atoms with Crippen molar-refractivity contribution < 1.29 is 19.8 Å². The van der Waals surface area contributed by atoms with Gasteiger partial charge < -0.3 is 20.2 Å². The summed E-state index contributed by atoms with van der Waals surface area (Å²) in [6.45, 7) is 14.3. The fourth-order valence-electron chi connectivity index (χ4n) is 6.08. The summed E-state index contributed by atoms with van der Waals surface area (Å²) in [6, 6.07) is 7.97. The fourth-order valence-corrected chi connectivity index (χ4v) is 6.37. The maximum atomic E-state index is 11.6. The van der Waals surface area contributed by atoms with Crippen molar-refractivity contribution in [3.63, 3.8) is 0 Å². The van der Waals surface area contributed by atoms with Gasteiger partial charge in [0.25, 0.3) is 0 Å². The normalized spacial score (nSPS) is 13.2. The highest BCUT2D eigenvalue weighted by atomic mass is 32.1. The number of H-pyrrole nitrogens is 2. The minimum absolute atomic E-state index is 0.0313. The second kappa shape index (κ2) is 11.7. The van der Waals surface area contributed by atoms with E-state index in [4.69, 9.17) is 9.97 Å². The Kier molecular flexibility index (Phi) is 8.21. The number of carbonyl (C=O) groups is 2.